The Labute approximate surface area is 99.3 Å². The highest BCUT2D eigenvalue weighted by Gasteiger charge is 2.34. The Morgan fingerprint density at radius 1 is 1.38 bits per heavy atom. The summed E-state index contributed by atoms with van der Waals surface area (Å²) in [5.41, 5.74) is 3.13. The zero-order valence-electron chi connectivity index (χ0n) is 10.7. The molecule has 0 fully saturated rings. The van der Waals surface area contributed by atoms with Gasteiger partial charge in [0, 0.05) is 12.0 Å². The van der Waals surface area contributed by atoms with Gasteiger partial charge in [0.2, 0.25) is 0 Å². The average molecular weight is 217 g/mol. The summed E-state index contributed by atoms with van der Waals surface area (Å²) in [6.45, 7) is 4.66. The largest absolute Gasteiger partial charge is 0.316 e. The number of nitrogens with one attached hydrogen (secondary N) is 1. The minimum atomic E-state index is 0.648. The standard InChI is InChI=1S/C15H23N/c1-4-7-11(2)15(16-3)14-10-12-8-5-6-9-13(12)14/h5-6,8-9,11,14-16H,4,7,10H2,1-3H3. The second-order valence-electron chi connectivity index (χ2n) is 5.09. The first-order valence-electron chi connectivity index (χ1n) is 6.53. The molecule has 0 radical (unpaired) electrons. The fraction of sp³-hybridized carbons (Fsp3) is 0.600. The highest BCUT2D eigenvalue weighted by atomic mass is 14.9. The topological polar surface area (TPSA) is 12.0 Å². The van der Waals surface area contributed by atoms with Crippen LogP contribution in [0.3, 0.4) is 0 Å². The molecule has 1 heteroatoms. The molecule has 1 aliphatic rings. The van der Waals surface area contributed by atoms with Gasteiger partial charge in [-0.1, -0.05) is 44.5 Å². The van der Waals surface area contributed by atoms with Gasteiger partial charge in [-0.05, 0) is 36.9 Å². The molecule has 1 N–H and O–H groups in total. The van der Waals surface area contributed by atoms with Crippen molar-refractivity contribution in [2.75, 3.05) is 7.05 Å². The van der Waals surface area contributed by atoms with E-state index >= 15 is 0 Å². The number of fused-ring (bicyclic) bond motifs is 1. The van der Waals surface area contributed by atoms with Crippen LogP contribution in [0.5, 0.6) is 0 Å². The molecule has 1 aliphatic carbocycles. The maximum atomic E-state index is 3.53. The minimum Gasteiger partial charge on any atom is -0.316 e. The van der Waals surface area contributed by atoms with Gasteiger partial charge in [-0.2, -0.15) is 0 Å². The van der Waals surface area contributed by atoms with Gasteiger partial charge in [0.05, 0.1) is 0 Å². The Bertz CT molecular complexity index is 345. The fourth-order valence-electron chi connectivity index (χ4n) is 3.14. The molecule has 0 saturated heterocycles. The number of hydrogen-bond donors (Lipinski definition) is 1. The highest BCUT2D eigenvalue weighted by Crippen LogP contribution is 2.39. The van der Waals surface area contributed by atoms with Gasteiger partial charge in [-0.15, -0.1) is 0 Å². The Hall–Kier alpha value is -0.820. The van der Waals surface area contributed by atoms with Crippen LogP contribution >= 0.6 is 0 Å². The summed E-state index contributed by atoms with van der Waals surface area (Å²) in [6, 6.07) is 9.53. The summed E-state index contributed by atoms with van der Waals surface area (Å²) in [5, 5.41) is 3.53. The van der Waals surface area contributed by atoms with E-state index in [-0.39, 0.29) is 0 Å². The molecule has 0 amide bonds. The van der Waals surface area contributed by atoms with Crippen LogP contribution in [0.1, 0.15) is 43.7 Å². The normalized spacial score (nSPS) is 22.1. The highest BCUT2D eigenvalue weighted by molar-refractivity contribution is 5.41. The van der Waals surface area contributed by atoms with Gasteiger partial charge in [0.25, 0.3) is 0 Å². The lowest BCUT2D eigenvalue weighted by molar-refractivity contribution is 0.304. The number of rotatable bonds is 5. The van der Waals surface area contributed by atoms with Crippen molar-refractivity contribution in [2.24, 2.45) is 5.92 Å². The molecule has 3 atom stereocenters. The average Bonchev–Trinajstić information content (AvgIpc) is 2.26. The fourth-order valence-corrected chi connectivity index (χ4v) is 3.14. The van der Waals surface area contributed by atoms with Crippen molar-refractivity contribution in [3.8, 4) is 0 Å². The number of hydrogen-bond acceptors (Lipinski definition) is 1. The van der Waals surface area contributed by atoms with Crippen LogP contribution in [0.15, 0.2) is 24.3 Å². The van der Waals surface area contributed by atoms with Crippen LogP contribution in [-0.4, -0.2) is 13.1 Å². The summed E-state index contributed by atoms with van der Waals surface area (Å²) in [7, 11) is 2.11. The van der Waals surface area contributed by atoms with Crippen molar-refractivity contribution < 1.29 is 0 Å². The molecule has 0 saturated carbocycles. The summed E-state index contributed by atoms with van der Waals surface area (Å²) >= 11 is 0. The van der Waals surface area contributed by atoms with Crippen molar-refractivity contribution in [3.63, 3.8) is 0 Å². The second-order valence-corrected chi connectivity index (χ2v) is 5.09. The van der Waals surface area contributed by atoms with E-state index in [1.54, 1.807) is 11.1 Å². The summed E-state index contributed by atoms with van der Waals surface area (Å²) in [6.07, 6.45) is 3.87. The number of likely N-dealkylation sites (N-methyl/N-ethyl adjacent to an activating group) is 1. The van der Waals surface area contributed by atoms with E-state index in [9.17, 15) is 0 Å². The zero-order chi connectivity index (χ0) is 11.5. The molecule has 0 aromatic heterocycles. The van der Waals surface area contributed by atoms with Gasteiger partial charge in [0.15, 0.2) is 0 Å². The van der Waals surface area contributed by atoms with Gasteiger partial charge in [-0.25, -0.2) is 0 Å². The first-order chi connectivity index (χ1) is 7.77. The van der Waals surface area contributed by atoms with Crippen LogP contribution in [-0.2, 0) is 6.42 Å². The molecule has 16 heavy (non-hydrogen) atoms. The smallest absolute Gasteiger partial charge is 0.0162 e. The van der Waals surface area contributed by atoms with Gasteiger partial charge >= 0.3 is 0 Å². The lowest BCUT2D eigenvalue weighted by Gasteiger charge is -2.39. The van der Waals surface area contributed by atoms with E-state index < -0.39 is 0 Å². The van der Waals surface area contributed by atoms with E-state index in [1.807, 2.05) is 0 Å². The van der Waals surface area contributed by atoms with Crippen LogP contribution < -0.4 is 5.32 Å². The third kappa shape index (κ3) is 2.01. The quantitative estimate of drug-likeness (QED) is 0.797. The predicted molar refractivity (Wildman–Crippen MR) is 69.8 cm³/mol. The van der Waals surface area contributed by atoms with E-state index in [2.05, 4.69) is 50.5 Å². The minimum absolute atomic E-state index is 0.648. The van der Waals surface area contributed by atoms with Crippen molar-refractivity contribution in [3.05, 3.63) is 35.4 Å². The molecule has 1 aromatic carbocycles. The third-order valence-corrected chi connectivity index (χ3v) is 4.02. The lowest BCUT2D eigenvalue weighted by Crippen LogP contribution is -2.42. The Kier molecular flexibility index (Phi) is 3.65. The molecule has 0 heterocycles. The van der Waals surface area contributed by atoms with E-state index in [4.69, 9.17) is 0 Å². The van der Waals surface area contributed by atoms with Crippen LogP contribution in [0.4, 0.5) is 0 Å². The summed E-state index contributed by atoms with van der Waals surface area (Å²) in [4.78, 5) is 0. The molecule has 1 nitrogen and oxygen atoms in total. The first kappa shape index (κ1) is 11.7. The molecular formula is C15H23N. The molecule has 0 bridgehead atoms. The SMILES string of the molecule is CCCC(C)C(NC)C1Cc2ccccc21. The molecule has 3 unspecified atom stereocenters. The first-order valence-corrected chi connectivity index (χ1v) is 6.53. The number of benzene rings is 1. The third-order valence-electron chi connectivity index (χ3n) is 4.02. The maximum absolute atomic E-state index is 3.53. The van der Waals surface area contributed by atoms with Gasteiger partial charge < -0.3 is 5.32 Å². The Morgan fingerprint density at radius 2 is 2.12 bits per heavy atom. The van der Waals surface area contributed by atoms with Crippen molar-refractivity contribution in [2.45, 2.75) is 45.1 Å². The summed E-state index contributed by atoms with van der Waals surface area (Å²) in [5.74, 6) is 1.51. The summed E-state index contributed by atoms with van der Waals surface area (Å²) < 4.78 is 0. The van der Waals surface area contributed by atoms with Gasteiger partial charge in [0.1, 0.15) is 0 Å². The maximum Gasteiger partial charge on any atom is 0.0162 e. The van der Waals surface area contributed by atoms with Crippen LogP contribution in [0, 0.1) is 5.92 Å². The van der Waals surface area contributed by atoms with E-state index in [0.29, 0.717) is 6.04 Å². The lowest BCUT2D eigenvalue weighted by atomic mass is 9.70. The predicted octanol–water partition coefficient (Wildman–Crippen LogP) is 3.35. The molecule has 88 valence electrons. The van der Waals surface area contributed by atoms with E-state index in [1.165, 1.54) is 19.3 Å². The van der Waals surface area contributed by atoms with Gasteiger partial charge in [-0.3, -0.25) is 0 Å². The van der Waals surface area contributed by atoms with E-state index in [0.717, 1.165) is 11.8 Å². The van der Waals surface area contributed by atoms with Crippen LogP contribution in [0.2, 0.25) is 0 Å². The van der Waals surface area contributed by atoms with Crippen molar-refractivity contribution >= 4 is 0 Å². The molecule has 1 aromatic rings. The molecular weight excluding hydrogens is 194 g/mol. The molecule has 0 spiro atoms. The molecule has 2 rings (SSSR count). The van der Waals surface area contributed by atoms with Crippen molar-refractivity contribution in [1.29, 1.82) is 0 Å². The second kappa shape index (κ2) is 5.01. The molecule has 0 aliphatic heterocycles. The Morgan fingerprint density at radius 3 is 2.75 bits per heavy atom. The Balaban J connectivity index is 2.08. The zero-order valence-corrected chi connectivity index (χ0v) is 10.7. The monoisotopic (exact) mass is 217 g/mol. The van der Waals surface area contributed by atoms with Crippen molar-refractivity contribution in [1.82, 2.24) is 5.32 Å². The van der Waals surface area contributed by atoms with Crippen LogP contribution in [0.25, 0.3) is 0 Å².